The number of carbonyl (C=O) groups excluding carboxylic acids is 1. The fourth-order valence-electron chi connectivity index (χ4n) is 2.76. The Morgan fingerprint density at radius 3 is 2.40 bits per heavy atom. The lowest BCUT2D eigenvalue weighted by atomic mass is 10.1. The first-order valence-electron chi connectivity index (χ1n) is 8.65. The summed E-state index contributed by atoms with van der Waals surface area (Å²) < 4.78 is 27.6. The number of nitrogens with zero attached hydrogens (tertiary/aromatic N) is 1. The first kappa shape index (κ1) is 20.2. The Morgan fingerprint density at radius 1 is 1.28 bits per heavy atom. The van der Waals surface area contributed by atoms with Crippen LogP contribution in [0.3, 0.4) is 0 Å². The third-order valence-corrected chi connectivity index (χ3v) is 6.30. The number of rotatable bonds is 7. The SMILES string of the molecule is CCCCN([C@@H]1C[C@H]1C(=O)NC(C)(C)C)S(=O)(=O)c1ccc(Cl)cc1. The predicted molar refractivity (Wildman–Crippen MR) is 100 cm³/mol. The van der Waals surface area contributed by atoms with Crippen molar-refractivity contribution in [1.29, 1.82) is 0 Å². The molecule has 0 saturated heterocycles. The van der Waals surface area contributed by atoms with Gasteiger partial charge in [0.25, 0.3) is 0 Å². The van der Waals surface area contributed by atoms with Gasteiger partial charge in [-0.15, -0.1) is 0 Å². The molecule has 0 unspecified atom stereocenters. The molecule has 1 N–H and O–H groups in total. The van der Waals surface area contributed by atoms with Crippen LogP contribution in [0, 0.1) is 5.92 Å². The maximum Gasteiger partial charge on any atom is 0.243 e. The van der Waals surface area contributed by atoms with Crippen LogP contribution in [0.25, 0.3) is 0 Å². The highest BCUT2D eigenvalue weighted by Gasteiger charge is 2.51. The van der Waals surface area contributed by atoms with E-state index in [-0.39, 0.29) is 28.3 Å². The monoisotopic (exact) mass is 386 g/mol. The molecule has 1 amide bonds. The number of hydrogen-bond donors (Lipinski definition) is 1. The fraction of sp³-hybridized carbons (Fsp3) is 0.611. The number of benzene rings is 1. The van der Waals surface area contributed by atoms with Crippen LogP contribution in [0.1, 0.15) is 47.0 Å². The largest absolute Gasteiger partial charge is 0.351 e. The van der Waals surface area contributed by atoms with E-state index in [0.29, 0.717) is 18.0 Å². The molecule has 1 saturated carbocycles. The average molecular weight is 387 g/mol. The predicted octanol–water partition coefficient (Wildman–Crippen LogP) is 3.43. The van der Waals surface area contributed by atoms with Crippen LogP contribution in [0.15, 0.2) is 29.2 Å². The van der Waals surface area contributed by atoms with Crippen molar-refractivity contribution in [3.8, 4) is 0 Å². The molecule has 7 heteroatoms. The van der Waals surface area contributed by atoms with Gasteiger partial charge in [0.1, 0.15) is 0 Å². The zero-order valence-corrected chi connectivity index (χ0v) is 16.8. The molecule has 1 aliphatic rings. The first-order chi connectivity index (χ1) is 11.6. The minimum absolute atomic E-state index is 0.0784. The smallest absolute Gasteiger partial charge is 0.243 e. The van der Waals surface area contributed by atoms with Gasteiger partial charge in [-0.2, -0.15) is 4.31 Å². The number of nitrogens with one attached hydrogen (secondary N) is 1. The van der Waals surface area contributed by atoms with Crippen molar-refractivity contribution < 1.29 is 13.2 Å². The van der Waals surface area contributed by atoms with Gasteiger partial charge in [0.15, 0.2) is 0 Å². The van der Waals surface area contributed by atoms with Gasteiger partial charge in [-0.1, -0.05) is 24.9 Å². The lowest BCUT2D eigenvalue weighted by molar-refractivity contribution is -0.124. The number of amides is 1. The highest BCUT2D eigenvalue weighted by atomic mass is 35.5. The molecule has 0 radical (unpaired) electrons. The molecule has 2 rings (SSSR count). The summed E-state index contributed by atoms with van der Waals surface area (Å²) in [4.78, 5) is 12.6. The Hall–Kier alpha value is -1.11. The summed E-state index contributed by atoms with van der Waals surface area (Å²) in [5.74, 6) is -0.358. The lowest BCUT2D eigenvalue weighted by Gasteiger charge is -2.24. The van der Waals surface area contributed by atoms with Crippen molar-refractivity contribution >= 4 is 27.5 Å². The number of hydrogen-bond acceptors (Lipinski definition) is 3. The van der Waals surface area contributed by atoms with Crippen molar-refractivity contribution in [3.05, 3.63) is 29.3 Å². The molecule has 0 bridgehead atoms. The number of halogens is 1. The van der Waals surface area contributed by atoms with Crippen LogP contribution in [0.2, 0.25) is 5.02 Å². The van der Waals surface area contributed by atoms with Gasteiger partial charge in [0.2, 0.25) is 15.9 Å². The maximum atomic E-state index is 13.0. The summed E-state index contributed by atoms with van der Waals surface area (Å²) in [6, 6.07) is 5.91. The Labute approximate surface area is 155 Å². The molecule has 1 aliphatic carbocycles. The van der Waals surface area contributed by atoms with Crippen molar-refractivity contribution in [2.45, 2.75) is 63.4 Å². The normalized spacial score (nSPS) is 20.6. The van der Waals surface area contributed by atoms with Gasteiger partial charge in [-0.25, -0.2) is 8.42 Å². The van der Waals surface area contributed by atoms with Crippen LogP contribution in [-0.2, 0) is 14.8 Å². The molecule has 5 nitrogen and oxygen atoms in total. The molecule has 0 aromatic heterocycles. The molecule has 0 spiro atoms. The zero-order chi connectivity index (χ0) is 18.8. The summed E-state index contributed by atoms with van der Waals surface area (Å²) in [7, 11) is -3.64. The quantitative estimate of drug-likeness (QED) is 0.780. The van der Waals surface area contributed by atoms with Crippen LogP contribution in [-0.4, -0.2) is 36.8 Å². The maximum absolute atomic E-state index is 13.0. The van der Waals surface area contributed by atoms with Crippen LogP contribution >= 0.6 is 11.6 Å². The first-order valence-corrected chi connectivity index (χ1v) is 10.5. The van der Waals surface area contributed by atoms with Gasteiger partial charge in [-0.3, -0.25) is 4.79 Å². The van der Waals surface area contributed by atoms with Gasteiger partial charge in [0.05, 0.1) is 10.8 Å². The van der Waals surface area contributed by atoms with E-state index >= 15 is 0 Å². The van der Waals surface area contributed by atoms with E-state index in [9.17, 15) is 13.2 Å². The lowest BCUT2D eigenvalue weighted by Crippen LogP contribution is -2.43. The standard InChI is InChI=1S/C18H27ClN2O3S/c1-5-6-11-21(16-12-15(16)17(22)20-18(2,3)4)25(23,24)14-9-7-13(19)8-10-14/h7-10,15-16H,5-6,11-12H2,1-4H3,(H,20,22)/t15-,16-/m1/s1. The van der Waals surface area contributed by atoms with E-state index in [1.165, 1.54) is 16.4 Å². The van der Waals surface area contributed by atoms with Crippen molar-refractivity contribution in [3.63, 3.8) is 0 Å². The summed E-state index contributed by atoms with van der Waals surface area (Å²) in [5, 5.41) is 3.44. The molecule has 0 aliphatic heterocycles. The zero-order valence-electron chi connectivity index (χ0n) is 15.3. The minimum Gasteiger partial charge on any atom is -0.351 e. The number of sulfonamides is 1. The van der Waals surface area contributed by atoms with Crippen molar-refractivity contribution in [2.24, 2.45) is 5.92 Å². The molecule has 140 valence electrons. The Morgan fingerprint density at radius 2 is 1.88 bits per heavy atom. The molecule has 1 fully saturated rings. The second kappa shape index (κ2) is 7.64. The third-order valence-electron chi connectivity index (χ3n) is 4.11. The van der Waals surface area contributed by atoms with Gasteiger partial charge < -0.3 is 5.32 Å². The van der Waals surface area contributed by atoms with Gasteiger partial charge in [-0.05, 0) is 57.9 Å². The van der Waals surface area contributed by atoms with Crippen LogP contribution in [0.5, 0.6) is 0 Å². The second-order valence-corrected chi connectivity index (χ2v) is 9.90. The van der Waals surface area contributed by atoms with E-state index in [1.54, 1.807) is 12.1 Å². The third kappa shape index (κ3) is 5.19. The van der Waals surface area contributed by atoms with E-state index in [1.807, 2.05) is 27.7 Å². The summed E-state index contributed by atoms with van der Waals surface area (Å²) in [5.41, 5.74) is -0.326. The molecule has 1 aromatic rings. The molecule has 2 atom stereocenters. The van der Waals surface area contributed by atoms with Crippen molar-refractivity contribution in [2.75, 3.05) is 6.54 Å². The molecular formula is C18H27ClN2O3S. The fourth-order valence-corrected chi connectivity index (χ4v) is 4.60. The van der Waals surface area contributed by atoms with E-state index in [2.05, 4.69) is 5.32 Å². The van der Waals surface area contributed by atoms with Gasteiger partial charge >= 0.3 is 0 Å². The molecule has 25 heavy (non-hydrogen) atoms. The highest BCUT2D eigenvalue weighted by molar-refractivity contribution is 7.89. The summed E-state index contributed by atoms with van der Waals surface area (Å²) in [6.07, 6.45) is 2.22. The average Bonchev–Trinajstić information content (AvgIpc) is 3.26. The van der Waals surface area contributed by atoms with Crippen LogP contribution < -0.4 is 5.32 Å². The van der Waals surface area contributed by atoms with E-state index in [4.69, 9.17) is 11.6 Å². The second-order valence-electron chi connectivity index (χ2n) is 7.57. The molecule has 1 aromatic carbocycles. The Balaban J connectivity index is 2.20. The summed E-state index contributed by atoms with van der Waals surface area (Å²) in [6.45, 7) is 8.19. The minimum atomic E-state index is -3.64. The molecule has 0 heterocycles. The highest BCUT2D eigenvalue weighted by Crippen LogP contribution is 2.39. The topological polar surface area (TPSA) is 66.5 Å². The van der Waals surface area contributed by atoms with Crippen LogP contribution in [0.4, 0.5) is 0 Å². The molecular weight excluding hydrogens is 360 g/mol. The Bertz CT molecular complexity index is 711. The van der Waals surface area contributed by atoms with E-state index in [0.717, 1.165) is 12.8 Å². The van der Waals surface area contributed by atoms with Gasteiger partial charge in [0, 0.05) is 23.1 Å². The number of carbonyl (C=O) groups is 1. The summed E-state index contributed by atoms with van der Waals surface area (Å²) >= 11 is 5.86. The Kier molecular flexibility index (Phi) is 6.17. The van der Waals surface area contributed by atoms with Crippen molar-refractivity contribution in [1.82, 2.24) is 9.62 Å². The number of unbranched alkanes of at least 4 members (excludes halogenated alkanes) is 1. The van der Waals surface area contributed by atoms with E-state index < -0.39 is 10.0 Å².